The van der Waals surface area contributed by atoms with Crippen LogP contribution < -0.4 is 0 Å². The van der Waals surface area contributed by atoms with Crippen LogP contribution in [0, 0.1) is 0 Å². The quantitative estimate of drug-likeness (QED) is 0.517. The number of rotatable bonds is 1. The van der Waals surface area contributed by atoms with Gasteiger partial charge in [0.25, 0.3) is 0 Å². The van der Waals surface area contributed by atoms with E-state index in [1.165, 1.54) is 0 Å². The van der Waals surface area contributed by atoms with Gasteiger partial charge in [-0.05, 0) is 29.8 Å². The van der Waals surface area contributed by atoms with Gasteiger partial charge in [0.1, 0.15) is 0 Å². The smallest absolute Gasteiger partial charge is 0.0685 e. The van der Waals surface area contributed by atoms with Crippen molar-refractivity contribution < 1.29 is 0 Å². The highest BCUT2D eigenvalue weighted by atomic mass is 35.5. The molecule has 0 amide bonds. The molecule has 2 rings (SSSR count). The van der Waals surface area contributed by atoms with Crippen molar-refractivity contribution in [2.24, 2.45) is 0 Å². The first kappa shape index (κ1) is 13.3. The van der Waals surface area contributed by atoms with Crippen molar-refractivity contribution in [3.8, 4) is 11.1 Å². The van der Waals surface area contributed by atoms with E-state index in [0.717, 1.165) is 5.56 Å². The van der Waals surface area contributed by atoms with Gasteiger partial charge >= 0.3 is 0 Å². The third-order valence-corrected chi connectivity index (χ3v) is 4.11. The Morgan fingerprint density at radius 3 is 1.82 bits per heavy atom. The lowest BCUT2D eigenvalue weighted by Crippen LogP contribution is -1.83. The van der Waals surface area contributed by atoms with Gasteiger partial charge in [0.15, 0.2) is 0 Å². The van der Waals surface area contributed by atoms with Gasteiger partial charge in [0.05, 0.1) is 20.1 Å². The number of benzene rings is 2. The van der Waals surface area contributed by atoms with Crippen molar-refractivity contribution in [1.29, 1.82) is 0 Å². The average molecular weight is 326 g/mol. The number of hydrogen-bond donors (Lipinski definition) is 0. The SMILES string of the molecule is Clc1ccc(-c2c(Cl)ccc(Cl)c2Cl)cc1Cl. The lowest BCUT2D eigenvalue weighted by molar-refractivity contribution is 1.61. The predicted octanol–water partition coefficient (Wildman–Crippen LogP) is 6.62. The summed E-state index contributed by atoms with van der Waals surface area (Å²) in [6.07, 6.45) is 0. The average Bonchev–Trinajstić information content (AvgIpc) is 2.29. The Morgan fingerprint density at radius 1 is 0.588 bits per heavy atom. The molecule has 0 N–H and O–H groups in total. The Balaban J connectivity index is 2.68. The second kappa shape index (κ2) is 5.26. The van der Waals surface area contributed by atoms with E-state index in [0.29, 0.717) is 30.7 Å². The Labute approximate surface area is 124 Å². The molecular weight excluding hydrogens is 321 g/mol. The summed E-state index contributed by atoms with van der Waals surface area (Å²) in [6, 6.07) is 8.51. The minimum Gasteiger partial charge on any atom is -0.0836 e. The third kappa shape index (κ3) is 2.67. The van der Waals surface area contributed by atoms with Gasteiger partial charge in [-0.15, -0.1) is 0 Å². The molecule has 0 bridgehead atoms. The molecule has 0 heterocycles. The topological polar surface area (TPSA) is 0 Å². The van der Waals surface area contributed by atoms with Crippen molar-refractivity contribution >= 4 is 58.0 Å². The maximum atomic E-state index is 6.13. The molecule has 0 radical (unpaired) electrons. The largest absolute Gasteiger partial charge is 0.0836 e. The zero-order valence-electron chi connectivity index (χ0n) is 8.28. The normalized spacial score (nSPS) is 10.6. The molecule has 0 aromatic heterocycles. The van der Waals surface area contributed by atoms with Crippen molar-refractivity contribution in [2.45, 2.75) is 0 Å². The van der Waals surface area contributed by atoms with E-state index >= 15 is 0 Å². The summed E-state index contributed by atoms with van der Waals surface area (Å²) in [4.78, 5) is 0. The molecule has 0 atom stereocenters. The van der Waals surface area contributed by atoms with Crippen molar-refractivity contribution in [3.05, 3.63) is 55.4 Å². The van der Waals surface area contributed by atoms with Gasteiger partial charge in [-0.1, -0.05) is 64.1 Å². The van der Waals surface area contributed by atoms with Crippen LogP contribution in [0.3, 0.4) is 0 Å². The molecule has 0 aliphatic carbocycles. The second-order valence-electron chi connectivity index (χ2n) is 3.35. The summed E-state index contributed by atoms with van der Waals surface area (Å²) in [5.74, 6) is 0. The second-order valence-corrected chi connectivity index (χ2v) is 5.35. The Bertz CT molecular complexity index is 577. The predicted molar refractivity (Wildman–Crippen MR) is 76.9 cm³/mol. The Hall–Kier alpha value is -0.110. The van der Waals surface area contributed by atoms with Crippen molar-refractivity contribution in [3.63, 3.8) is 0 Å². The Morgan fingerprint density at radius 2 is 1.18 bits per heavy atom. The van der Waals surface area contributed by atoms with Gasteiger partial charge in [0, 0.05) is 10.6 Å². The molecular formula is C12H5Cl5. The van der Waals surface area contributed by atoms with Crippen LogP contribution in [0.5, 0.6) is 0 Å². The summed E-state index contributed by atoms with van der Waals surface area (Å²) >= 11 is 30.0. The molecule has 0 unspecified atom stereocenters. The number of halogens is 5. The van der Waals surface area contributed by atoms with Crippen LogP contribution in [-0.2, 0) is 0 Å². The van der Waals surface area contributed by atoms with E-state index in [4.69, 9.17) is 58.0 Å². The molecule has 88 valence electrons. The van der Waals surface area contributed by atoms with Crippen molar-refractivity contribution in [2.75, 3.05) is 0 Å². The van der Waals surface area contributed by atoms with Gasteiger partial charge < -0.3 is 0 Å². The highest BCUT2D eigenvalue weighted by molar-refractivity contribution is 6.46. The zero-order valence-corrected chi connectivity index (χ0v) is 12.1. The summed E-state index contributed by atoms with van der Waals surface area (Å²) in [5, 5.41) is 2.27. The summed E-state index contributed by atoms with van der Waals surface area (Å²) in [5.41, 5.74) is 1.43. The maximum absolute atomic E-state index is 6.13. The highest BCUT2D eigenvalue weighted by Gasteiger charge is 2.12. The van der Waals surface area contributed by atoms with Crippen LogP contribution in [0.4, 0.5) is 0 Å². The first-order valence-corrected chi connectivity index (χ1v) is 6.48. The van der Waals surface area contributed by atoms with Crippen LogP contribution in [0.15, 0.2) is 30.3 Å². The molecule has 2 aromatic rings. The molecule has 0 fully saturated rings. The first-order chi connectivity index (χ1) is 8.00. The van der Waals surface area contributed by atoms with Crippen molar-refractivity contribution in [1.82, 2.24) is 0 Å². The standard InChI is InChI=1S/C12H5Cl5/c13-7-2-1-6(5-10(7)16)11-8(14)3-4-9(15)12(11)17/h1-5H. The minimum absolute atomic E-state index is 0.401. The molecule has 0 saturated carbocycles. The summed E-state index contributed by atoms with van der Waals surface area (Å²) < 4.78 is 0. The number of hydrogen-bond acceptors (Lipinski definition) is 0. The minimum atomic E-state index is 0.401. The van der Waals surface area contributed by atoms with Crippen LogP contribution in [0.2, 0.25) is 25.1 Å². The van der Waals surface area contributed by atoms with Crippen LogP contribution in [0.1, 0.15) is 0 Å². The lowest BCUT2D eigenvalue weighted by Gasteiger charge is -2.09. The molecule has 0 nitrogen and oxygen atoms in total. The molecule has 0 aliphatic heterocycles. The summed E-state index contributed by atoms with van der Waals surface area (Å²) in [6.45, 7) is 0. The van der Waals surface area contributed by atoms with Crippen LogP contribution >= 0.6 is 58.0 Å². The molecule has 0 saturated heterocycles. The van der Waals surface area contributed by atoms with E-state index in [9.17, 15) is 0 Å². The summed E-state index contributed by atoms with van der Waals surface area (Å²) in [7, 11) is 0. The van der Waals surface area contributed by atoms with E-state index < -0.39 is 0 Å². The molecule has 17 heavy (non-hydrogen) atoms. The zero-order chi connectivity index (χ0) is 12.6. The molecule has 0 aliphatic rings. The van der Waals surface area contributed by atoms with Gasteiger partial charge in [-0.25, -0.2) is 0 Å². The van der Waals surface area contributed by atoms with E-state index in [1.807, 2.05) is 0 Å². The molecule has 0 spiro atoms. The maximum Gasteiger partial charge on any atom is 0.0685 e. The van der Waals surface area contributed by atoms with E-state index in [1.54, 1.807) is 30.3 Å². The lowest BCUT2D eigenvalue weighted by atomic mass is 10.1. The fourth-order valence-corrected chi connectivity index (χ4v) is 2.49. The highest BCUT2D eigenvalue weighted by Crippen LogP contribution is 2.40. The third-order valence-electron chi connectivity index (χ3n) is 2.25. The van der Waals surface area contributed by atoms with Gasteiger partial charge in [-0.2, -0.15) is 0 Å². The first-order valence-electron chi connectivity index (χ1n) is 4.59. The van der Waals surface area contributed by atoms with Crippen LogP contribution in [0.25, 0.3) is 11.1 Å². The Kier molecular flexibility index (Phi) is 4.12. The fraction of sp³-hybridized carbons (Fsp3) is 0. The van der Waals surface area contributed by atoms with Crippen LogP contribution in [-0.4, -0.2) is 0 Å². The monoisotopic (exact) mass is 324 g/mol. The van der Waals surface area contributed by atoms with Gasteiger partial charge in [-0.3, -0.25) is 0 Å². The van der Waals surface area contributed by atoms with Gasteiger partial charge in [0.2, 0.25) is 0 Å². The van der Waals surface area contributed by atoms with E-state index in [2.05, 4.69) is 0 Å². The van der Waals surface area contributed by atoms with E-state index in [-0.39, 0.29) is 0 Å². The molecule has 5 heteroatoms. The fourth-order valence-electron chi connectivity index (χ4n) is 1.44. The molecule has 2 aromatic carbocycles.